The third-order valence-corrected chi connectivity index (χ3v) is 2.82. The number of aliphatic hydroxyl groups is 1. The highest BCUT2D eigenvalue weighted by Gasteiger charge is 2.29. The van der Waals surface area contributed by atoms with Crippen LogP contribution in [0.5, 0.6) is 0 Å². The summed E-state index contributed by atoms with van der Waals surface area (Å²) in [7, 11) is 3.80. The van der Waals surface area contributed by atoms with E-state index in [0.29, 0.717) is 12.6 Å². The smallest absolute Gasteiger partial charge is 0.236 e. The van der Waals surface area contributed by atoms with Crippen molar-refractivity contribution in [2.75, 3.05) is 27.2 Å². The van der Waals surface area contributed by atoms with Crippen LogP contribution < -0.4 is 0 Å². The Hall–Kier alpha value is -0.610. The van der Waals surface area contributed by atoms with Gasteiger partial charge in [0.2, 0.25) is 5.91 Å². The summed E-state index contributed by atoms with van der Waals surface area (Å²) in [5.74, 6) is 0.186. The Bertz CT molecular complexity index is 215. The summed E-state index contributed by atoms with van der Waals surface area (Å²) in [6.45, 7) is 2.99. The van der Waals surface area contributed by atoms with E-state index in [1.165, 1.54) is 0 Å². The largest absolute Gasteiger partial charge is 0.393 e. The van der Waals surface area contributed by atoms with Gasteiger partial charge >= 0.3 is 0 Å². The van der Waals surface area contributed by atoms with Crippen molar-refractivity contribution >= 4 is 5.91 Å². The van der Waals surface area contributed by atoms with Crippen molar-refractivity contribution in [3.63, 3.8) is 0 Å². The summed E-state index contributed by atoms with van der Waals surface area (Å²) in [4.78, 5) is 15.5. The third kappa shape index (κ3) is 4.62. The van der Waals surface area contributed by atoms with Gasteiger partial charge in [-0.1, -0.05) is 0 Å². The molecule has 4 nitrogen and oxygen atoms in total. The predicted octanol–water partition coefficient (Wildman–Crippen LogP) is 0.310. The fourth-order valence-corrected chi connectivity index (χ4v) is 1.49. The molecule has 0 aromatic heterocycles. The normalized spacial score (nSPS) is 17.9. The first-order chi connectivity index (χ1) is 7.00. The molecule has 0 heterocycles. The number of likely N-dealkylation sites (N-methyl/N-ethyl adjacent to an activating group) is 2. The van der Waals surface area contributed by atoms with Crippen LogP contribution in [-0.2, 0) is 4.79 Å². The molecule has 0 aliphatic heterocycles. The van der Waals surface area contributed by atoms with Crippen LogP contribution in [0.4, 0.5) is 0 Å². The summed E-state index contributed by atoms with van der Waals surface area (Å²) in [6, 6.07) is 0.489. The summed E-state index contributed by atoms with van der Waals surface area (Å²) < 4.78 is 0. The molecule has 0 radical (unpaired) electrons. The minimum Gasteiger partial charge on any atom is -0.393 e. The summed E-state index contributed by atoms with van der Waals surface area (Å²) in [6.07, 6.45) is 2.74. The van der Waals surface area contributed by atoms with Crippen molar-refractivity contribution in [2.45, 2.75) is 38.3 Å². The van der Waals surface area contributed by atoms with Crippen LogP contribution in [0.3, 0.4) is 0 Å². The van der Waals surface area contributed by atoms with Crippen LogP contribution >= 0.6 is 0 Å². The lowest BCUT2D eigenvalue weighted by molar-refractivity contribution is -0.131. The van der Waals surface area contributed by atoms with Gasteiger partial charge < -0.3 is 10.0 Å². The van der Waals surface area contributed by atoms with Gasteiger partial charge in [0.25, 0.3) is 0 Å². The first kappa shape index (κ1) is 12.5. The molecule has 1 aliphatic carbocycles. The number of rotatable bonds is 6. The molecule has 1 aliphatic rings. The van der Waals surface area contributed by atoms with Gasteiger partial charge in [0.15, 0.2) is 0 Å². The lowest BCUT2D eigenvalue weighted by Gasteiger charge is -2.21. The number of carbonyl (C=O) groups is 1. The number of nitrogens with zero attached hydrogens (tertiary/aromatic N) is 2. The molecule has 0 bridgehead atoms. The minimum atomic E-state index is -0.288. The quantitative estimate of drug-likeness (QED) is 0.692. The monoisotopic (exact) mass is 214 g/mol. The molecule has 0 aromatic rings. The van der Waals surface area contributed by atoms with E-state index in [1.54, 1.807) is 6.92 Å². The molecule has 15 heavy (non-hydrogen) atoms. The van der Waals surface area contributed by atoms with Crippen molar-refractivity contribution in [1.82, 2.24) is 9.80 Å². The maximum absolute atomic E-state index is 11.7. The van der Waals surface area contributed by atoms with Crippen molar-refractivity contribution in [3.05, 3.63) is 0 Å². The third-order valence-electron chi connectivity index (χ3n) is 2.82. The van der Waals surface area contributed by atoms with E-state index in [9.17, 15) is 4.79 Å². The first-order valence-corrected chi connectivity index (χ1v) is 5.63. The molecule has 0 saturated heterocycles. The van der Waals surface area contributed by atoms with Crippen LogP contribution in [0.2, 0.25) is 0 Å². The van der Waals surface area contributed by atoms with E-state index in [4.69, 9.17) is 5.11 Å². The van der Waals surface area contributed by atoms with Crippen LogP contribution in [-0.4, -0.2) is 60.1 Å². The first-order valence-electron chi connectivity index (χ1n) is 5.63. The van der Waals surface area contributed by atoms with Gasteiger partial charge in [-0.05, 0) is 33.2 Å². The van der Waals surface area contributed by atoms with E-state index in [-0.39, 0.29) is 12.0 Å². The van der Waals surface area contributed by atoms with Gasteiger partial charge in [0, 0.05) is 19.6 Å². The number of carbonyl (C=O) groups excluding carboxylic acids is 1. The van der Waals surface area contributed by atoms with Gasteiger partial charge in [-0.15, -0.1) is 0 Å². The van der Waals surface area contributed by atoms with Gasteiger partial charge in [0.1, 0.15) is 0 Å². The Morgan fingerprint density at radius 2 is 2.07 bits per heavy atom. The molecule has 1 rings (SSSR count). The SMILES string of the molecule is C[C@H](O)CCN(C)CC(=O)N(C)C1CC1. The number of hydrogen-bond acceptors (Lipinski definition) is 3. The minimum absolute atomic E-state index is 0.186. The summed E-state index contributed by atoms with van der Waals surface area (Å²) >= 11 is 0. The van der Waals surface area contributed by atoms with Crippen LogP contribution in [0.15, 0.2) is 0 Å². The maximum atomic E-state index is 11.7. The van der Waals surface area contributed by atoms with Crippen molar-refractivity contribution in [3.8, 4) is 0 Å². The van der Waals surface area contributed by atoms with Crippen molar-refractivity contribution in [1.29, 1.82) is 0 Å². The number of hydrogen-bond donors (Lipinski definition) is 1. The maximum Gasteiger partial charge on any atom is 0.236 e. The Balaban J connectivity index is 2.18. The molecule has 0 unspecified atom stereocenters. The molecule has 1 amide bonds. The standard InChI is InChI=1S/C11H22N2O2/c1-9(14)6-7-12(2)8-11(15)13(3)10-4-5-10/h9-10,14H,4-8H2,1-3H3/t9-/m0/s1. The molecular formula is C11H22N2O2. The molecule has 0 spiro atoms. The molecule has 0 aromatic carbocycles. The highest BCUT2D eigenvalue weighted by molar-refractivity contribution is 5.78. The van der Waals surface area contributed by atoms with E-state index in [0.717, 1.165) is 25.8 Å². The zero-order valence-corrected chi connectivity index (χ0v) is 9.94. The fraction of sp³-hybridized carbons (Fsp3) is 0.909. The zero-order chi connectivity index (χ0) is 11.4. The average molecular weight is 214 g/mol. The zero-order valence-electron chi connectivity index (χ0n) is 9.94. The lowest BCUT2D eigenvalue weighted by atomic mass is 10.3. The molecule has 88 valence electrons. The highest BCUT2D eigenvalue weighted by Crippen LogP contribution is 2.25. The average Bonchev–Trinajstić information content (AvgIpc) is 2.96. The second-order valence-electron chi connectivity index (χ2n) is 4.61. The number of amides is 1. The summed E-state index contributed by atoms with van der Waals surface area (Å²) in [5.41, 5.74) is 0. The Kier molecular flexibility index (Phi) is 4.54. The Morgan fingerprint density at radius 1 is 1.47 bits per heavy atom. The molecule has 1 fully saturated rings. The van der Waals surface area contributed by atoms with E-state index in [2.05, 4.69) is 0 Å². The van der Waals surface area contributed by atoms with Crippen LogP contribution in [0, 0.1) is 0 Å². The molecule has 1 N–H and O–H groups in total. The second-order valence-corrected chi connectivity index (χ2v) is 4.61. The Morgan fingerprint density at radius 3 is 2.53 bits per heavy atom. The molecule has 4 heteroatoms. The van der Waals surface area contributed by atoms with Gasteiger partial charge in [0.05, 0.1) is 12.6 Å². The van der Waals surface area contributed by atoms with E-state index >= 15 is 0 Å². The van der Waals surface area contributed by atoms with Gasteiger partial charge in [-0.2, -0.15) is 0 Å². The lowest BCUT2D eigenvalue weighted by Crippen LogP contribution is -2.38. The molecular weight excluding hydrogens is 192 g/mol. The summed E-state index contributed by atoms with van der Waals surface area (Å²) in [5, 5.41) is 9.12. The van der Waals surface area contributed by atoms with Gasteiger partial charge in [-0.3, -0.25) is 9.69 Å². The van der Waals surface area contributed by atoms with E-state index < -0.39 is 0 Å². The van der Waals surface area contributed by atoms with Gasteiger partial charge in [-0.25, -0.2) is 0 Å². The topological polar surface area (TPSA) is 43.8 Å². The molecule has 1 atom stereocenters. The van der Waals surface area contributed by atoms with Crippen molar-refractivity contribution < 1.29 is 9.90 Å². The molecule has 1 saturated carbocycles. The number of aliphatic hydroxyl groups excluding tert-OH is 1. The predicted molar refractivity (Wildman–Crippen MR) is 59.6 cm³/mol. The second kappa shape index (κ2) is 5.47. The highest BCUT2D eigenvalue weighted by atomic mass is 16.3. The Labute approximate surface area is 91.9 Å². The van der Waals surface area contributed by atoms with Crippen LogP contribution in [0.25, 0.3) is 0 Å². The van der Waals surface area contributed by atoms with Crippen molar-refractivity contribution in [2.24, 2.45) is 0 Å². The fourth-order valence-electron chi connectivity index (χ4n) is 1.49. The van der Waals surface area contributed by atoms with Crippen LogP contribution in [0.1, 0.15) is 26.2 Å². The van der Waals surface area contributed by atoms with E-state index in [1.807, 2.05) is 23.9 Å².